The molecule has 10 nitrogen and oxygen atoms in total. The number of benzene rings is 2. The molecule has 1 aliphatic rings. The minimum atomic E-state index is -3.86. The maximum Gasteiger partial charge on any atom is 0.262 e. The maximum atomic E-state index is 12.8. The molecule has 2 aromatic heterocycles. The number of sulfonamides is 1. The van der Waals surface area contributed by atoms with Crippen molar-refractivity contribution in [3.8, 4) is 11.5 Å². The zero-order chi connectivity index (χ0) is 23.5. The lowest BCUT2D eigenvalue weighted by Crippen LogP contribution is -2.24. The maximum absolute atomic E-state index is 12.8. The topological polar surface area (TPSA) is 124 Å². The van der Waals surface area contributed by atoms with Crippen molar-refractivity contribution in [1.29, 1.82) is 0 Å². The molecule has 2 aromatic carbocycles. The van der Waals surface area contributed by atoms with Crippen LogP contribution >= 0.6 is 0 Å². The quantitative estimate of drug-likeness (QED) is 0.436. The van der Waals surface area contributed by atoms with E-state index in [1.165, 1.54) is 24.3 Å². The highest BCUT2D eigenvalue weighted by Gasteiger charge is 2.19. The lowest BCUT2D eigenvalue weighted by molar-refractivity contribution is 0.0950. The molecule has 0 saturated carbocycles. The van der Waals surface area contributed by atoms with Crippen molar-refractivity contribution in [3.05, 3.63) is 78.2 Å². The molecular formula is C23H21N5O5S. The third-order valence-electron chi connectivity index (χ3n) is 5.22. The highest BCUT2D eigenvalue weighted by molar-refractivity contribution is 7.92. The van der Waals surface area contributed by atoms with Crippen molar-refractivity contribution >= 4 is 27.3 Å². The van der Waals surface area contributed by atoms with E-state index in [1.54, 1.807) is 22.6 Å². The number of rotatable bonds is 6. The standard InChI is InChI=1S/C23H21N5O5S/c29-23(24-15-22-26-25-21-4-1-2-11-28(21)22)16-5-7-17(8-6-16)27-34(30,31)18-9-10-19-20(14-18)33-13-3-12-32-19/h1-2,4-11,14,27H,3,12-13,15H2,(H,24,29). The van der Waals surface area contributed by atoms with E-state index >= 15 is 0 Å². The van der Waals surface area contributed by atoms with E-state index in [9.17, 15) is 13.2 Å². The molecule has 0 saturated heterocycles. The Kier molecular flexibility index (Phi) is 5.76. The molecule has 0 radical (unpaired) electrons. The van der Waals surface area contributed by atoms with Gasteiger partial charge in [0.15, 0.2) is 23.0 Å². The number of carbonyl (C=O) groups is 1. The number of ether oxygens (including phenoxy) is 2. The molecule has 0 unspecified atom stereocenters. The number of amides is 1. The molecule has 3 heterocycles. The van der Waals surface area contributed by atoms with Crippen molar-refractivity contribution in [2.45, 2.75) is 17.9 Å². The van der Waals surface area contributed by atoms with Crippen molar-refractivity contribution in [3.63, 3.8) is 0 Å². The fourth-order valence-electron chi connectivity index (χ4n) is 3.49. The molecule has 0 atom stereocenters. The second-order valence-corrected chi connectivity index (χ2v) is 9.25. The van der Waals surface area contributed by atoms with Gasteiger partial charge < -0.3 is 14.8 Å². The summed E-state index contributed by atoms with van der Waals surface area (Å²) in [5, 5.41) is 10.9. The van der Waals surface area contributed by atoms with Crippen LogP contribution in [0.4, 0.5) is 5.69 Å². The summed E-state index contributed by atoms with van der Waals surface area (Å²) in [5.74, 6) is 1.20. The minimum Gasteiger partial charge on any atom is -0.490 e. The third kappa shape index (κ3) is 4.50. The van der Waals surface area contributed by atoms with Gasteiger partial charge in [-0.05, 0) is 48.5 Å². The van der Waals surface area contributed by atoms with E-state index in [2.05, 4.69) is 20.2 Å². The van der Waals surface area contributed by atoms with Gasteiger partial charge in [-0.3, -0.25) is 13.9 Å². The van der Waals surface area contributed by atoms with Crippen LogP contribution in [0.15, 0.2) is 71.8 Å². The number of carbonyl (C=O) groups excluding carboxylic acids is 1. The fourth-order valence-corrected chi connectivity index (χ4v) is 4.56. The molecule has 11 heteroatoms. The Morgan fingerprint density at radius 2 is 1.76 bits per heavy atom. The van der Waals surface area contributed by atoms with Gasteiger partial charge in [0.05, 0.1) is 24.7 Å². The molecule has 0 fully saturated rings. The molecular weight excluding hydrogens is 458 g/mol. The van der Waals surface area contributed by atoms with Crippen LogP contribution in [0.5, 0.6) is 11.5 Å². The summed E-state index contributed by atoms with van der Waals surface area (Å²) in [6.07, 6.45) is 2.55. The highest BCUT2D eigenvalue weighted by atomic mass is 32.2. The van der Waals surface area contributed by atoms with Crippen molar-refractivity contribution in [2.75, 3.05) is 17.9 Å². The van der Waals surface area contributed by atoms with E-state index in [0.717, 1.165) is 6.42 Å². The number of nitrogens with one attached hydrogen (secondary N) is 2. The van der Waals surface area contributed by atoms with E-state index in [1.807, 2.05) is 24.4 Å². The molecule has 5 rings (SSSR count). The summed E-state index contributed by atoms with van der Waals surface area (Å²) in [7, 11) is -3.86. The number of fused-ring (bicyclic) bond motifs is 2. The van der Waals surface area contributed by atoms with Crippen LogP contribution in [0.3, 0.4) is 0 Å². The van der Waals surface area contributed by atoms with Crippen molar-refractivity contribution < 1.29 is 22.7 Å². The Hall–Kier alpha value is -4.12. The first-order valence-corrected chi connectivity index (χ1v) is 12.1. The first-order chi connectivity index (χ1) is 16.5. The van der Waals surface area contributed by atoms with Crippen LogP contribution in [-0.2, 0) is 16.6 Å². The second kappa shape index (κ2) is 9.02. The smallest absolute Gasteiger partial charge is 0.262 e. The van der Waals surface area contributed by atoms with E-state index in [-0.39, 0.29) is 17.3 Å². The third-order valence-corrected chi connectivity index (χ3v) is 6.60. The van der Waals surface area contributed by atoms with Gasteiger partial charge in [-0.2, -0.15) is 0 Å². The SMILES string of the molecule is O=C(NCc1nnc2ccccn12)c1ccc(NS(=O)(=O)c2ccc3c(c2)OCCCO3)cc1. The molecule has 34 heavy (non-hydrogen) atoms. The predicted octanol–water partition coefficient (Wildman–Crippen LogP) is 2.62. The Morgan fingerprint density at radius 3 is 2.59 bits per heavy atom. The highest BCUT2D eigenvalue weighted by Crippen LogP contribution is 2.32. The number of hydrogen-bond acceptors (Lipinski definition) is 7. The van der Waals surface area contributed by atoms with E-state index in [4.69, 9.17) is 9.47 Å². The Balaban J connectivity index is 1.24. The summed E-state index contributed by atoms with van der Waals surface area (Å²) in [5.41, 5.74) is 1.40. The van der Waals surface area contributed by atoms with Gasteiger partial charge >= 0.3 is 0 Å². The van der Waals surface area contributed by atoms with Gasteiger partial charge in [-0.1, -0.05) is 6.07 Å². The molecule has 174 valence electrons. The number of hydrogen-bond donors (Lipinski definition) is 2. The summed E-state index contributed by atoms with van der Waals surface area (Å²) in [4.78, 5) is 12.6. The van der Waals surface area contributed by atoms with Gasteiger partial charge in [0.2, 0.25) is 0 Å². The van der Waals surface area contributed by atoms with E-state index < -0.39 is 10.0 Å². The molecule has 0 aliphatic carbocycles. The van der Waals surface area contributed by atoms with Gasteiger partial charge in [-0.25, -0.2) is 8.42 Å². The average Bonchev–Trinajstić information content (AvgIpc) is 3.11. The summed E-state index contributed by atoms with van der Waals surface area (Å²) >= 11 is 0. The Morgan fingerprint density at radius 1 is 0.971 bits per heavy atom. The van der Waals surface area contributed by atoms with Crippen LogP contribution in [-0.4, -0.2) is 42.1 Å². The molecule has 0 bridgehead atoms. The van der Waals surface area contributed by atoms with Crippen LogP contribution in [0.2, 0.25) is 0 Å². The number of nitrogens with zero attached hydrogens (tertiary/aromatic N) is 3. The monoisotopic (exact) mass is 479 g/mol. The zero-order valence-electron chi connectivity index (χ0n) is 18.0. The number of aromatic nitrogens is 3. The fraction of sp³-hybridized carbons (Fsp3) is 0.174. The van der Waals surface area contributed by atoms with Crippen LogP contribution < -0.4 is 19.5 Å². The Bertz CT molecular complexity index is 1450. The van der Waals surface area contributed by atoms with Crippen molar-refractivity contribution in [2.24, 2.45) is 0 Å². The molecule has 2 N–H and O–H groups in total. The van der Waals surface area contributed by atoms with Crippen molar-refractivity contribution in [1.82, 2.24) is 19.9 Å². The minimum absolute atomic E-state index is 0.0547. The van der Waals surface area contributed by atoms with Crippen LogP contribution in [0, 0.1) is 0 Å². The summed E-state index contributed by atoms with van der Waals surface area (Å²) < 4.78 is 41.1. The number of anilines is 1. The Labute approximate surface area is 195 Å². The van der Waals surface area contributed by atoms with Crippen LogP contribution in [0.25, 0.3) is 5.65 Å². The molecule has 0 spiro atoms. The second-order valence-electron chi connectivity index (χ2n) is 7.57. The number of pyridine rings is 1. The van der Waals surface area contributed by atoms with Gasteiger partial charge in [0, 0.05) is 29.9 Å². The first kappa shape index (κ1) is 21.7. The molecule has 4 aromatic rings. The molecule has 1 amide bonds. The van der Waals surface area contributed by atoms with Gasteiger partial charge in [-0.15, -0.1) is 10.2 Å². The van der Waals surface area contributed by atoms with Crippen LogP contribution in [0.1, 0.15) is 22.6 Å². The largest absolute Gasteiger partial charge is 0.490 e. The summed E-state index contributed by atoms with van der Waals surface area (Å²) in [6.45, 7) is 1.18. The normalized spacial score (nSPS) is 13.3. The summed E-state index contributed by atoms with van der Waals surface area (Å²) in [6, 6.07) is 16.2. The lowest BCUT2D eigenvalue weighted by Gasteiger charge is -2.12. The molecule has 1 aliphatic heterocycles. The lowest BCUT2D eigenvalue weighted by atomic mass is 10.2. The zero-order valence-corrected chi connectivity index (χ0v) is 18.8. The first-order valence-electron chi connectivity index (χ1n) is 10.6. The van der Waals surface area contributed by atoms with Gasteiger partial charge in [0.1, 0.15) is 0 Å². The predicted molar refractivity (Wildman–Crippen MR) is 123 cm³/mol. The average molecular weight is 480 g/mol. The van der Waals surface area contributed by atoms with Gasteiger partial charge in [0.25, 0.3) is 15.9 Å². The van der Waals surface area contributed by atoms with E-state index in [0.29, 0.717) is 47.4 Å².